The molecule has 0 atom stereocenters. The maximum absolute atomic E-state index is 11.6. The molecule has 0 spiro atoms. The van der Waals surface area contributed by atoms with Crippen LogP contribution >= 0.6 is 24.0 Å². The molecule has 0 unspecified atom stereocenters. The first-order valence-corrected chi connectivity index (χ1v) is 7.21. The van der Waals surface area contributed by atoms with E-state index in [9.17, 15) is 4.79 Å². The van der Waals surface area contributed by atoms with Crippen LogP contribution in [0.3, 0.4) is 0 Å². The highest BCUT2D eigenvalue weighted by molar-refractivity contribution is 14.0. The maximum Gasteiger partial charge on any atom is 0.241 e. The molecule has 1 aromatic rings. The average molecular weight is 434 g/mol. The zero-order valence-corrected chi connectivity index (χ0v) is 15.9. The van der Waals surface area contributed by atoms with E-state index in [0.29, 0.717) is 12.5 Å². The van der Waals surface area contributed by atoms with Crippen LogP contribution in [-0.2, 0) is 11.3 Å². The minimum atomic E-state index is -0.00585. The highest BCUT2D eigenvalue weighted by Gasteiger charge is 2.13. The van der Waals surface area contributed by atoms with E-state index in [1.165, 1.54) is 4.90 Å². The Bertz CT molecular complexity index is 564. The molecule has 0 radical (unpaired) electrons. The lowest BCUT2D eigenvalue weighted by Crippen LogP contribution is -2.42. The number of amides is 1. The topological polar surface area (TPSA) is 75.2 Å². The van der Waals surface area contributed by atoms with E-state index in [1.807, 2.05) is 25.1 Å². The van der Waals surface area contributed by atoms with E-state index in [2.05, 4.69) is 15.6 Å². The van der Waals surface area contributed by atoms with Crippen molar-refractivity contribution in [2.75, 3.05) is 34.0 Å². The van der Waals surface area contributed by atoms with Crippen LogP contribution < -0.4 is 20.1 Å². The smallest absolute Gasteiger partial charge is 0.241 e. The number of likely N-dealkylation sites (N-methyl/N-ethyl adjacent to an activating group) is 1. The maximum atomic E-state index is 11.6. The second-order valence-electron chi connectivity index (χ2n) is 5.02. The Morgan fingerprint density at radius 2 is 2.00 bits per heavy atom. The van der Waals surface area contributed by atoms with Crippen molar-refractivity contribution in [2.45, 2.75) is 13.5 Å². The largest absolute Gasteiger partial charge is 0.454 e. The summed E-state index contributed by atoms with van der Waals surface area (Å²) in [4.78, 5) is 17.6. The predicted molar refractivity (Wildman–Crippen MR) is 99.5 cm³/mol. The lowest BCUT2D eigenvalue weighted by Gasteiger charge is -2.14. The van der Waals surface area contributed by atoms with E-state index < -0.39 is 0 Å². The molecule has 1 amide bonds. The van der Waals surface area contributed by atoms with Crippen molar-refractivity contribution in [3.8, 4) is 11.5 Å². The number of ether oxygens (including phenoxy) is 2. The number of carbonyl (C=O) groups excluding carboxylic acids is 1. The van der Waals surface area contributed by atoms with Gasteiger partial charge in [0.15, 0.2) is 17.5 Å². The van der Waals surface area contributed by atoms with Gasteiger partial charge in [0.1, 0.15) is 0 Å². The average Bonchev–Trinajstić information content (AvgIpc) is 2.97. The molecule has 0 bridgehead atoms. The summed E-state index contributed by atoms with van der Waals surface area (Å²) in [6, 6.07) is 5.75. The monoisotopic (exact) mass is 434 g/mol. The third-order valence-electron chi connectivity index (χ3n) is 3.11. The van der Waals surface area contributed by atoms with Gasteiger partial charge in [0.2, 0.25) is 12.7 Å². The van der Waals surface area contributed by atoms with Gasteiger partial charge in [0.05, 0.1) is 13.1 Å². The fraction of sp³-hybridized carbons (Fsp3) is 0.467. The molecule has 0 saturated carbocycles. The molecule has 0 fully saturated rings. The van der Waals surface area contributed by atoms with Crippen LogP contribution in [0.15, 0.2) is 23.2 Å². The Morgan fingerprint density at radius 3 is 2.70 bits per heavy atom. The van der Waals surface area contributed by atoms with Gasteiger partial charge in [-0.3, -0.25) is 4.79 Å². The summed E-state index contributed by atoms with van der Waals surface area (Å²) < 4.78 is 10.6. The zero-order valence-electron chi connectivity index (χ0n) is 13.6. The highest BCUT2D eigenvalue weighted by Crippen LogP contribution is 2.32. The van der Waals surface area contributed by atoms with Crippen LogP contribution in [0.5, 0.6) is 11.5 Å². The van der Waals surface area contributed by atoms with Gasteiger partial charge in [0.25, 0.3) is 0 Å². The van der Waals surface area contributed by atoms with Crippen molar-refractivity contribution < 1.29 is 14.3 Å². The number of carbonyl (C=O) groups is 1. The minimum absolute atomic E-state index is 0. The summed E-state index contributed by atoms with van der Waals surface area (Å²) in [7, 11) is 3.45. The van der Waals surface area contributed by atoms with Gasteiger partial charge in [-0.05, 0) is 24.6 Å². The van der Waals surface area contributed by atoms with Crippen LogP contribution in [0.2, 0.25) is 0 Å². The fourth-order valence-electron chi connectivity index (χ4n) is 1.87. The van der Waals surface area contributed by atoms with Crippen molar-refractivity contribution in [3.63, 3.8) is 0 Å². The molecular weight excluding hydrogens is 411 g/mol. The molecule has 2 N–H and O–H groups in total. The quantitative estimate of drug-likeness (QED) is 0.414. The van der Waals surface area contributed by atoms with Crippen molar-refractivity contribution in [1.29, 1.82) is 0 Å². The van der Waals surface area contributed by atoms with Crippen molar-refractivity contribution in [2.24, 2.45) is 4.99 Å². The van der Waals surface area contributed by atoms with E-state index in [0.717, 1.165) is 23.6 Å². The number of hydrogen-bond acceptors (Lipinski definition) is 4. The fourth-order valence-corrected chi connectivity index (χ4v) is 1.87. The standard InChI is InChI=1S/C15H22N4O3.HI/c1-4-16-15(18-9-14(20)19(2)3)17-8-11-5-6-12-13(7-11)22-10-21-12;/h5-7H,4,8-10H2,1-3H3,(H2,16,17,18);1H. The van der Waals surface area contributed by atoms with Crippen LogP contribution in [0.1, 0.15) is 12.5 Å². The molecule has 1 heterocycles. The second-order valence-corrected chi connectivity index (χ2v) is 5.02. The molecule has 7 nitrogen and oxygen atoms in total. The van der Waals surface area contributed by atoms with E-state index in [4.69, 9.17) is 9.47 Å². The Balaban J connectivity index is 0.00000264. The first-order valence-electron chi connectivity index (χ1n) is 7.21. The molecule has 8 heteroatoms. The van der Waals surface area contributed by atoms with Crippen LogP contribution in [-0.4, -0.2) is 50.7 Å². The lowest BCUT2D eigenvalue weighted by molar-refractivity contribution is -0.127. The Kier molecular flexibility index (Phi) is 7.93. The van der Waals surface area contributed by atoms with E-state index in [1.54, 1.807) is 14.1 Å². The van der Waals surface area contributed by atoms with Gasteiger partial charge in [-0.25, -0.2) is 4.99 Å². The van der Waals surface area contributed by atoms with E-state index >= 15 is 0 Å². The number of rotatable bonds is 5. The third kappa shape index (κ3) is 5.77. The summed E-state index contributed by atoms with van der Waals surface area (Å²) in [5.74, 6) is 2.10. The summed E-state index contributed by atoms with van der Waals surface area (Å²) in [6.45, 7) is 3.66. The normalized spacial score (nSPS) is 12.4. The van der Waals surface area contributed by atoms with Crippen LogP contribution in [0.25, 0.3) is 0 Å². The molecule has 23 heavy (non-hydrogen) atoms. The first-order chi connectivity index (χ1) is 10.6. The van der Waals surface area contributed by atoms with Crippen LogP contribution in [0, 0.1) is 0 Å². The van der Waals surface area contributed by atoms with Gasteiger partial charge < -0.3 is 25.0 Å². The van der Waals surface area contributed by atoms with Gasteiger partial charge in [-0.1, -0.05) is 6.07 Å². The number of aliphatic imine (C=N–C) groups is 1. The van der Waals surface area contributed by atoms with Crippen LogP contribution in [0.4, 0.5) is 0 Å². The number of fused-ring (bicyclic) bond motifs is 1. The number of halogens is 1. The summed E-state index contributed by atoms with van der Waals surface area (Å²) >= 11 is 0. The van der Waals surface area contributed by atoms with Gasteiger partial charge in [-0.2, -0.15) is 0 Å². The number of hydrogen-bond donors (Lipinski definition) is 2. The SMILES string of the molecule is CCNC(=NCc1ccc2c(c1)OCO2)NCC(=O)N(C)C.I. The summed E-state index contributed by atoms with van der Waals surface area (Å²) in [5.41, 5.74) is 1.01. The van der Waals surface area contributed by atoms with Gasteiger partial charge in [0, 0.05) is 20.6 Å². The molecule has 1 aliphatic heterocycles. The summed E-state index contributed by atoms with van der Waals surface area (Å²) in [5, 5.41) is 6.13. The zero-order chi connectivity index (χ0) is 15.9. The first kappa shape index (κ1) is 19.3. The Morgan fingerprint density at radius 1 is 1.26 bits per heavy atom. The Labute approximate surface area is 153 Å². The Hall–Kier alpha value is -1.71. The number of benzene rings is 1. The molecule has 2 rings (SSSR count). The number of guanidine groups is 1. The molecule has 128 valence electrons. The third-order valence-corrected chi connectivity index (χ3v) is 3.11. The number of nitrogens with zero attached hydrogens (tertiary/aromatic N) is 2. The highest BCUT2D eigenvalue weighted by atomic mass is 127. The molecule has 1 aliphatic rings. The molecule has 0 aliphatic carbocycles. The molecule has 0 saturated heterocycles. The minimum Gasteiger partial charge on any atom is -0.454 e. The van der Waals surface area contributed by atoms with Crippen molar-refractivity contribution >= 4 is 35.8 Å². The van der Waals surface area contributed by atoms with E-state index in [-0.39, 0.29) is 43.2 Å². The summed E-state index contributed by atoms with van der Waals surface area (Å²) in [6.07, 6.45) is 0. The second kappa shape index (κ2) is 9.43. The molecule has 1 aromatic carbocycles. The van der Waals surface area contributed by atoms with Gasteiger partial charge in [-0.15, -0.1) is 24.0 Å². The van der Waals surface area contributed by atoms with Gasteiger partial charge >= 0.3 is 0 Å². The predicted octanol–water partition coefficient (Wildman–Crippen LogP) is 1.18. The lowest BCUT2D eigenvalue weighted by atomic mass is 10.2. The molecular formula is C15H23IN4O3. The van der Waals surface area contributed by atoms with Crippen molar-refractivity contribution in [3.05, 3.63) is 23.8 Å². The van der Waals surface area contributed by atoms with Crippen molar-refractivity contribution in [1.82, 2.24) is 15.5 Å². The number of nitrogens with one attached hydrogen (secondary N) is 2. The molecule has 0 aromatic heterocycles.